The Morgan fingerprint density at radius 1 is 1.03 bits per heavy atom. The molecule has 158 valence electrons. The number of aromatic nitrogens is 1. The Morgan fingerprint density at radius 3 is 2.57 bits per heavy atom. The summed E-state index contributed by atoms with van der Waals surface area (Å²) in [5.41, 5.74) is 1.37. The molecule has 0 bridgehead atoms. The van der Waals surface area contributed by atoms with Crippen molar-refractivity contribution in [2.24, 2.45) is 4.99 Å². The van der Waals surface area contributed by atoms with Crippen molar-refractivity contribution in [1.29, 1.82) is 0 Å². The average Bonchev–Trinajstić information content (AvgIpc) is 2.79. The maximum Gasteiger partial charge on any atom is 0.191 e. The Labute approximate surface area is 196 Å². The van der Waals surface area contributed by atoms with Crippen molar-refractivity contribution >= 4 is 46.5 Å². The topological polar surface area (TPSA) is 52.6 Å². The molecule has 6 heteroatoms. The molecule has 1 aliphatic heterocycles. The molecule has 5 nitrogen and oxygen atoms in total. The van der Waals surface area contributed by atoms with Crippen LogP contribution in [-0.2, 0) is 6.42 Å². The van der Waals surface area contributed by atoms with Gasteiger partial charge in [-0.2, -0.15) is 0 Å². The van der Waals surface area contributed by atoms with E-state index in [1.807, 2.05) is 25.4 Å². The van der Waals surface area contributed by atoms with E-state index in [0.717, 1.165) is 50.7 Å². The van der Waals surface area contributed by atoms with E-state index in [9.17, 15) is 0 Å². The second kappa shape index (κ2) is 11.2. The van der Waals surface area contributed by atoms with Crippen molar-refractivity contribution in [1.82, 2.24) is 15.6 Å². The highest BCUT2D eigenvalue weighted by Gasteiger charge is 2.20. The van der Waals surface area contributed by atoms with Gasteiger partial charge in [-0.1, -0.05) is 48.5 Å². The van der Waals surface area contributed by atoms with Crippen LogP contribution in [-0.4, -0.2) is 43.7 Å². The number of hydrogen-bond acceptors (Lipinski definition) is 3. The standard InChI is InChI=1S/C24H29N5.HI/c1-25-24(27-16-12-20-9-6-8-19-7-2-3-10-22(19)20)28-21-13-17-29(18-14-21)23-11-4-5-15-26-23;/h2-11,15,21H,12-14,16-18H2,1H3,(H2,25,27,28);1H. The van der Waals surface area contributed by atoms with Gasteiger partial charge >= 0.3 is 0 Å². The molecule has 0 aliphatic carbocycles. The van der Waals surface area contributed by atoms with Crippen LogP contribution in [0.3, 0.4) is 0 Å². The summed E-state index contributed by atoms with van der Waals surface area (Å²) >= 11 is 0. The molecule has 2 heterocycles. The highest BCUT2D eigenvalue weighted by atomic mass is 127. The zero-order chi connectivity index (χ0) is 19.9. The molecular formula is C24H30IN5. The summed E-state index contributed by atoms with van der Waals surface area (Å²) in [5, 5.41) is 9.71. The molecule has 0 spiro atoms. The van der Waals surface area contributed by atoms with Gasteiger partial charge in [0.15, 0.2) is 5.96 Å². The number of nitrogens with one attached hydrogen (secondary N) is 2. The van der Waals surface area contributed by atoms with E-state index >= 15 is 0 Å². The minimum absolute atomic E-state index is 0. The fraction of sp³-hybridized carbons (Fsp3) is 0.333. The Hall–Kier alpha value is -2.35. The highest BCUT2D eigenvalue weighted by molar-refractivity contribution is 14.0. The number of hydrogen-bond donors (Lipinski definition) is 2. The first-order valence-corrected chi connectivity index (χ1v) is 10.4. The van der Waals surface area contributed by atoms with Gasteiger partial charge in [0.1, 0.15) is 5.82 Å². The molecule has 0 saturated carbocycles. The molecule has 1 saturated heterocycles. The van der Waals surface area contributed by atoms with Crippen LogP contribution in [0.1, 0.15) is 18.4 Å². The van der Waals surface area contributed by atoms with Gasteiger partial charge in [-0.15, -0.1) is 24.0 Å². The van der Waals surface area contributed by atoms with Crippen LogP contribution >= 0.6 is 24.0 Å². The molecule has 0 unspecified atom stereocenters. The molecule has 0 atom stereocenters. The van der Waals surface area contributed by atoms with E-state index in [0.29, 0.717) is 6.04 Å². The normalized spacial score (nSPS) is 15.0. The van der Waals surface area contributed by atoms with E-state index in [-0.39, 0.29) is 24.0 Å². The number of pyridine rings is 1. The lowest BCUT2D eigenvalue weighted by Gasteiger charge is -2.33. The predicted molar refractivity (Wildman–Crippen MR) is 137 cm³/mol. The number of piperidine rings is 1. The molecule has 3 aromatic rings. The number of nitrogens with zero attached hydrogens (tertiary/aromatic N) is 3. The van der Waals surface area contributed by atoms with Gasteiger partial charge in [-0.25, -0.2) is 4.98 Å². The number of fused-ring (bicyclic) bond motifs is 1. The second-order valence-corrected chi connectivity index (χ2v) is 7.48. The third-order valence-electron chi connectivity index (χ3n) is 5.60. The summed E-state index contributed by atoms with van der Waals surface area (Å²) in [6.07, 6.45) is 5.00. The summed E-state index contributed by atoms with van der Waals surface area (Å²) < 4.78 is 0. The van der Waals surface area contributed by atoms with E-state index in [2.05, 4.69) is 74.0 Å². The fourth-order valence-corrected chi connectivity index (χ4v) is 4.01. The Morgan fingerprint density at radius 2 is 1.80 bits per heavy atom. The van der Waals surface area contributed by atoms with E-state index in [4.69, 9.17) is 0 Å². The Bertz CT molecular complexity index is 947. The maximum absolute atomic E-state index is 4.46. The largest absolute Gasteiger partial charge is 0.356 e. The van der Waals surface area contributed by atoms with Crippen LogP contribution in [0.25, 0.3) is 10.8 Å². The number of rotatable bonds is 5. The maximum atomic E-state index is 4.46. The predicted octanol–water partition coefficient (Wildman–Crippen LogP) is 4.23. The van der Waals surface area contributed by atoms with Crippen molar-refractivity contribution < 1.29 is 0 Å². The van der Waals surface area contributed by atoms with Gasteiger partial charge in [0.05, 0.1) is 0 Å². The first-order valence-electron chi connectivity index (χ1n) is 10.4. The van der Waals surface area contributed by atoms with Gasteiger partial charge in [0.25, 0.3) is 0 Å². The van der Waals surface area contributed by atoms with Crippen LogP contribution in [0.2, 0.25) is 0 Å². The molecule has 1 aliphatic rings. The quantitative estimate of drug-likeness (QED) is 0.304. The molecule has 30 heavy (non-hydrogen) atoms. The molecule has 2 N–H and O–H groups in total. The van der Waals surface area contributed by atoms with Crippen molar-refractivity contribution in [3.8, 4) is 0 Å². The van der Waals surface area contributed by atoms with E-state index in [1.54, 1.807) is 0 Å². The summed E-state index contributed by atoms with van der Waals surface area (Å²) in [5.74, 6) is 1.96. The monoisotopic (exact) mass is 515 g/mol. The first kappa shape index (κ1) is 22.3. The molecule has 1 aromatic heterocycles. The Balaban J connectivity index is 0.00000256. The van der Waals surface area contributed by atoms with E-state index in [1.165, 1.54) is 16.3 Å². The first-order chi connectivity index (χ1) is 14.3. The fourth-order valence-electron chi connectivity index (χ4n) is 4.01. The molecule has 4 rings (SSSR count). The summed E-state index contributed by atoms with van der Waals surface area (Å²) in [6, 6.07) is 21.6. The zero-order valence-corrected chi connectivity index (χ0v) is 19.8. The highest BCUT2D eigenvalue weighted by Crippen LogP contribution is 2.19. The SMILES string of the molecule is CN=C(NCCc1cccc2ccccc12)NC1CCN(c2ccccn2)CC1.I. The van der Waals surface area contributed by atoms with Gasteiger partial charge in [-0.3, -0.25) is 4.99 Å². The third-order valence-corrected chi connectivity index (χ3v) is 5.60. The smallest absolute Gasteiger partial charge is 0.191 e. The average molecular weight is 515 g/mol. The summed E-state index contributed by atoms with van der Waals surface area (Å²) in [4.78, 5) is 11.2. The minimum Gasteiger partial charge on any atom is -0.356 e. The second-order valence-electron chi connectivity index (χ2n) is 7.48. The van der Waals surface area contributed by atoms with Crippen LogP contribution in [0.5, 0.6) is 0 Å². The van der Waals surface area contributed by atoms with Crippen molar-refractivity contribution in [2.75, 3.05) is 31.6 Å². The van der Waals surface area contributed by atoms with Crippen molar-refractivity contribution in [2.45, 2.75) is 25.3 Å². The molecule has 1 fully saturated rings. The van der Waals surface area contributed by atoms with Crippen molar-refractivity contribution in [3.63, 3.8) is 0 Å². The molecule has 0 amide bonds. The molecule has 2 aromatic carbocycles. The van der Waals surface area contributed by atoms with Gasteiger partial charge in [0, 0.05) is 38.9 Å². The molecular weight excluding hydrogens is 485 g/mol. The number of anilines is 1. The van der Waals surface area contributed by atoms with Gasteiger partial charge in [0.2, 0.25) is 0 Å². The molecule has 0 radical (unpaired) electrons. The lowest BCUT2D eigenvalue weighted by Crippen LogP contribution is -2.49. The van der Waals surface area contributed by atoms with E-state index < -0.39 is 0 Å². The van der Waals surface area contributed by atoms with Gasteiger partial charge < -0.3 is 15.5 Å². The van der Waals surface area contributed by atoms with Crippen LogP contribution < -0.4 is 15.5 Å². The Kier molecular flexibility index (Phi) is 8.30. The lowest BCUT2D eigenvalue weighted by molar-refractivity contribution is 0.459. The van der Waals surface area contributed by atoms with Crippen LogP contribution in [0.15, 0.2) is 71.9 Å². The summed E-state index contributed by atoms with van der Waals surface area (Å²) in [7, 11) is 1.84. The summed E-state index contributed by atoms with van der Waals surface area (Å²) in [6.45, 7) is 2.89. The third kappa shape index (κ3) is 5.62. The van der Waals surface area contributed by atoms with Crippen LogP contribution in [0.4, 0.5) is 5.82 Å². The number of halogens is 1. The number of guanidine groups is 1. The zero-order valence-electron chi connectivity index (χ0n) is 17.4. The number of benzene rings is 2. The van der Waals surface area contributed by atoms with Gasteiger partial charge in [-0.05, 0) is 47.7 Å². The lowest BCUT2D eigenvalue weighted by atomic mass is 10.0. The number of aliphatic imine (C=N–C) groups is 1. The van der Waals surface area contributed by atoms with Crippen molar-refractivity contribution in [3.05, 3.63) is 72.4 Å². The van der Waals surface area contributed by atoms with Crippen LogP contribution in [0, 0.1) is 0 Å². The minimum atomic E-state index is 0.